The first-order valence-corrected chi connectivity index (χ1v) is 12.3. The third-order valence-electron chi connectivity index (χ3n) is 5.91. The predicted molar refractivity (Wildman–Crippen MR) is 136 cm³/mol. The van der Waals surface area contributed by atoms with Crippen molar-refractivity contribution in [1.29, 1.82) is 0 Å². The zero-order valence-electron chi connectivity index (χ0n) is 19.7. The monoisotopic (exact) mass is 475 g/mol. The van der Waals surface area contributed by atoms with Gasteiger partial charge >= 0.3 is 5.97 Å². The van der Waals surface area contributed by atoms with Crippen LogP contribution in [0.1, 0.15) is 42.5 Å². The third kappa shape index (κ3) is 5.09. The molecule has 0 fully saturated rings. The number of aliphatic imine (C=N–C) groups is 1. The fraction of sp³-hybridized carbons (Fsp3) is 0.296. The summed E-state index contributed by atoms with van der Waals surface area (Å²) in [5, 5.41) is 5.77. The lowest BCUT2D eigenvalue weighted by atomic mass is 9.92. The first-order valence-electron chi connectivity index (χ1n) is 11.4. The molecule has 0 aromatic heterocycles. The number of allylic oxidation sites excluding steroid dienone is 1. The zero-order valence-corrected chi connectivity index (χ0v) is 20.5. The Morgan fingerprint density at radius 1 is 1.15 bits per heavy atom. The van der Waals surface area contributed by atoms with Crippen molar-refractivity contribution in [2.75, 3.05) is 13.7 Å². The van der Waals surface area contributed by atoms with Crippen LogP contribution >= 0.6 is 11.8 Å². The summed E-state index contributed by atoms with van der Waals surface area (Å²) < 4.78 is 5.17. The van der Waals surface area contributed by atoms with E-state index in [4.69, 9.17) is 9.73 Å². The predicted octanol–water partition coefficient (Wildman–Crippen LogP) is 4.88. The molecule has 6 nitrogen and oxygen atoms in total. The summed E-state index contributed by atoms with van der Waals surface area (Å²) in [5.74, 6) is -0.452. The maximum absolute atomic E-state index is 12.9. The molecule has 4 rings (SSSR count). The number of hydrogen-bond acceptors (Lipinski definition) is 6. The van der Waals surface area contributed by atoms with Crippen molar-refractivity contribution in [2.24, 2.45) is 4.99 Å². The van der Waals surface area contributed by atoms with E-state index in [0.717, 1.165) is 34.1 Å². The van der Waals surface area contributed by atoms with Crippen LogP contribution < -0.4 is 5.32 Å². The molecule has 0 bridgehead atoms. The van der Waals surface area contributed by atoms with Crippen molar-refractivity contribution in [2.45, 2.75) is 39.2 Å². The number of methoxy groups -OCH3 is 1. The van der Waals surface area contributed by atoms with Crippen molar-refractivity contribution < 1.29 is 14.3 Å². The summed E-state index contributed by atoms with van der Waals surface area (Å²) in [6.45, 7) is 4.58. The van der Waals surface area contributed by atoms with Crippen LogP contribution in [0.4, 0.5) is 0 Å². The van der Waals surface area contributed by atoms with Gasteiger partial charge in [0.15, 0.2) is 5.17 Å². The number of nitrogens with one attached hydrogen (secondary N) is 1. The van der Waals surface area contributed by atoms with Gasteiger partial charge in [-0.3, -0.25) is 4.79 Å². The molecular formula is C27H29N3O3S. The van der Waals surface area contributed by atoms with Gasteiger partial charge in [0.2, 0.25) is 5.91 Å². The molecule has 0 radical (unpaired) electrons. The van der Waals surface area contributed by atoms with Crippen LogP contribution in [0.2, 0.25) is 0 Å². The highest BCUT2D eigenvalue weighted by Crippen LogP contribution is 2.45. The quantitative estimate of drug-likeness (QED) is 0.551. The molecule has 2 aromatic carbocycles. The maximum Gasteiger partial charge on any atom is 0.338 e. The van der Waals surface area contributed by atoms with Crippen molar-refractivity contribution in [3.8, 4) is 0 Å². The van der Waals surface area contributed by atoms with Gasteiger partial charge in [0.25, 0.3) is 0 Å². The SMILES string of the molecule is CCC1=C(C(=O)OC)C(c2cccc(C)c2)N2C(CC(=O)NCCc3ccccc3)=CSC2=N1. The Labute approximate surface area is 204 Å². The molecule has 0 aliphatic carbocycles. The second-order valence-electron chi connectivity index (χ2n) is 8.28. The Morgan fingerprint density at radius 3 is 2.65 bits per heavy atom. The van der Waals surface area contributed by atoms with E-state index >= 15 is 0 Å². The zero-order chi connectivity index (χ0) is 24.1. The van der Waals surface area contributed by atoms with Crippen molar-refractivity contribution in [3.63, 3.8) is 0 Å². The van der Waals surface area contributed by atoms with Crippen molar-refractivity contribution in [1.82, 2.24) is 10.2 Å². The van der Waals surface area contributed by atoms with Gasteiger partial charge in [-0.2, -0.15) is 0 Å². The highest BCUT2D eigenvalue weighted by molar-refractivity contribution is 8.16. The molecular weight excluding hydrogens is 446 g/mol. The minimum Gasteiger partial charge on any atom is -0.466 e. The lowest BCUT2D eigenvalue weighted by Gasteiger charge is -2.36. The van der Waals surface area contributed by atoms with E-state index in [1.54, 1.807) is 0 Å². The number of carbonyl (C=O) groups is 2. The first kappa shape index (κ1) is 23.8. The summed E-state index contributed by atoms with van der Waals surface area (Å²) in [4.78, 5) is 32.5. The molecule has 2 heterocycles. The van der Waals surface area contributed by atoms with E-state index in [1.165, 1.54) is 24.4 Å². The second kappa shape index (κ2) is 10.7. The molecule has 1 amide bonds. The van der Waals surface area contributed by atoms with Gasteiger partial charge < -0.3 is 15.0 Å². The number of amides is 1. The van der Waals surface area contributed by atoms with E-state index in [0.29, 0.717) is 18.5 Å². The Kier molecular flexibility index (Phi) is 7.53. The molecule has 2 aromatic rings. The van der Waals surface area contributed by atoms with Gasteiger partial charge in [0.05, 0.1) is 30.8 Å². The van der Waals surface area contributed by atoms with E-state index in [2.05, 4.69) is 23.5 Å². The minimum absolute atomic E-state index is 0.0584. The molecule has 2 aliphatic rings. The van der Waals surface area contributed by atoms with E-state index < -0.39 is 12.0 Å². The smallest absolute Gasteiger partial charge is 0.338 e. The highest BCUT2D eigenvalue weighted by atomic mass is 32.2. The number of aryl methyl sites for hydroxylation is 1. The van der Waals surface area contributed by atoms with Crippen LogP contribution in [0.3, 0.4) is 0 Å². The summed E-state index contributed by atoms with van der Waals surface area (Å²) in [5.41, 5.74) is 5.32. The molecule has 0 saturated heterocycles. The summed E-state index contributed by atoms with van der Waals surface area (Å²) >= 11 is 1.49. The summed E-state index contributed by atoms with van der Waals surface area (Å²) in [7, 11) is 1.39. The summed E-state index contributed by atoms with van der Waals surface area (Å²) in [6, 6.07) is 17.8. The molecule has 1 atom stereocenters. The van der Waals surface area contributed by atoms with Gasteiger partial charge in [0, 0.05) is 12.2 Å². The number of ether oxygens (including phenoxy) is 1. The van der Waals surface area contributed by atoms with E-state index in [-0.39, 0.29) is 12.3 Å². The van der Waals surface area contributed by atoms with Gasteiger partial charge in [0.1, 0.15) is 0 Å². The maximum atomic E-state index is 12.9. The number of benzene rings is 2. The lowest BCUT2D eigenvalue weighted by molar-refractivity contribution is -0.136. The summed E-state index contributed by atoms with van der Waals surface area (Å²) in [6.07, 6.45) is 1.59. The number of thioether (sulfide) groups is 1. The van der Waals surface area contributed by atoms with Crippen LogP contribution in [-0.4, -0.2) is 35.6 Å². The molecule has 0 saturated carbocycles. The Hall–Kier alpha value is -3.32. The average Bonchev–Trinajstić information content (AvgIpc) is 3.25. The molecule has 1 N–H and O–H groups in total. The van der Waals surface area contributed by atoms with Gasteiger partial charge in [-0.25, -0.2) is 9.79 Å². The van der Waals surface area contributed by atoms with Crippen molar-refractivity contribution >= 4 is 28.8 Å². The lowest BCUT2D eigenvalue weighted by Crippen LogP contribution is -2.38. The number of fused-ring (bicyclic) bond motifs is 1. The number of carbonyl (C=O) groups excluding carboxylic acids is 2. The van der Waals surface area contributed by atoms with Gasteiger partial charge in [-0.1, -0.05) is 78.8 Å². The standard InChI is InChI=1S/C27H29N3O3S/c1-4-22-24(26(32)33-3)25(20-12-8-9-18(2)15-20)30-21(17-34-27(30)29-22)16-23(31)28-14-13-19-10-6-5-7-11-19/h5-12,15,17,25H,4,13-14,16H2,1-3H3,(H,28,31). The normalized spacial score (nSPS) is 17.1. The Morgan fingerprint density at radius 2 is 1.94 bits per heavy atom. The number of hydrogen-bond donors (Lipinski definition) is 1. The molecule has 7 heteroatoms. The molecule has 2 aliphatic heterocycles. The largest absolute Gasteiger partial charge is 0.466 e. The highest BCUT2D eigenvalue weighted by Gasteiger charge is 2.41. The Balaban J connectivity index is 1.57. The Bertz CT molecular complexity index is 1170. The van der Waals surface area contributed by atoms with Crippen LogP contribution in [0.5, 0.6) is 0 Å². The van der Waals surface area contributed by atoms with Crippen LogP contribution in [0.15, 0.2) is 82.0 Å². The molecule has 0 spiro atoms. The third-order valence-corrected chi connectivity index (χ3v) is 6.80. The fourth-order valence-corrected chi connectivity index (χ4v) is 5.22. The second-order valence-corrected chi connectivity index (χ2v) is 9.11. The average molecular weight is 476 g/mol. The first-order chi connectivity index (χ1) is 16.5. The van der Waals surface area contributed by atoms with Crippen LogP contribution in [-0.2, 0) is 20.7 Å². The minimum atomic E-state index is -0.395. The van der Waals surface area contributed by atoms with Gasteiger partial charge in [-0.15, -0.1) is 0 Å². The molecule has 176 valence electrons. The fourth-order valence-electron chi connectivity index (χ4n) is 4.29. The number of amidine groups is 1. The van der Waals surface area contributed by atoms with Crippen LogP contribution in [0.25, 0.3) is 0 Å². The topological polar surface area (TPSA) is 71.0 Å². The van der Waals surface area contributed by atoms with Crippen LogP contribution in [0, 0.1) is 6.92 Å². The van der Waals surface area contributed by atoms with E-state index in [9.17, 15) is 9.59 Å². The molecule has 34 heavy (non-hydrogen) atoms. The van der Waals surface area contributed by atoms with E-state index in [1.807, 2.05) is 60.6 Å². The molecule has 1 unspecified atom stereocenters. The number of nitrogens with zero attached hydrogens (tertiary/aromatic N) is 2. The number of rotatable bonds is 8. The van der Waals surface area contributed by atoms with Crippen molar-refractivity contribution in [3.05, 3.63) is 93.7 Å². The van der Waals surface area contributed by atoms with Gasteiger partial charge in [-0.05, 0) is 36.3 Å². The number of esters is 1.